The van der Waals surface area contributed by atoms with Crippen molar-refractivity contribution >= 4 is 5.91 Å². The number of carbonyl (C=O) groups is 1. The Morgan fingerprint density at radius 2 is 2.14 bits per heavy atom. The first-order valence-corrected chi connectivity index (χ1v) is 7.98. The Bertz CT molecular complexity index is 471. The van der Waals surface area contributed by atoms with Crippen LogP contribution in [0.3, 0.4) is 0 Å². The van der Waals surface area contributed by atoms with Crippen molar-refractivity contribution in [1.29, 1.82) is 0 Å². The Morgan fingerprint density at radius 3 is 2.81 bits per heavy atom. The smallest absolute Gasteiger partial charge is 0.241 e. The van der Waals surface area contributed by atoms with Crippen LogP contribution >= 0.6 is 0 Å². The molecule has 1 aromatic carbocycles. The number of hydrogen-bond acceptors (Lipinski definition) is 3. The minimum Gasteiger partial charge on any atom is -0.381 e. The molecule has 1 N–H and O–H groups in total. The Labute approximate surface area is 126 Å². The molecule has 0 saturated carbocycles. The maximum atomic E-state index is 12.6. The largest absolute Gasteiger partial charge is 0.381 e. The molecule has 2 aliphatic rings. The number of hydrogen-bond donors (Lipinski definition) is 1. The van der Waals surface area contributed by atoms with E-state index in [0.717, 1.165) is 39.0 Å². The zero-order valence-corrected chi connectivity index (χ0v) is 12.6. The molecule has 2 saturated heterocycles. The van der Waals surface area contributed by atoms with Crippen LogP contribution in [-0.4, -0.2) is 36.6 Å². The first-order chi connectivity index (χ1) is 10.3. The SMILES string of the molecule is CCC1NC(c2ccccc2)N(CCC2CCOC2)C1=O. The third-order valence-corrected chi connectivity index (χ3v) is 4.58. The van der Waals surface area contributed by atoms with Crippen LogP contribution in [0.15, 0.2) is 30.3 Å². The molecule has 114 valence electrons. The van der Waals surface area contributed by atoms with Crippen molar-refractivity contribution in [2.45, 2.75) is 38.4 Å². The number of rotatable bonds is 5. The average molecular weight is 288 g/mol. The number of carbonyl (C=O) groups excluding carboxylic acids is 1. The molecule has 3 rings (SSSR count). The minimum atomic E-state index is -0.0463. The van der Waals surface area contributed by atoms with Crippen LogP contribution in [0, 0.1) is 5.92 Å². The van der Waals surface area contributed by atoms with Crippen LogP contribution in [0.2, 0.25) is 0 Å². The van der Waals surface area contributed by atoms with Gasteiger partial charge in [-0.15, -0.1) is 0 Å². The van der Waals surface area contributed by atoms with Gasteiger partial charge in [0.05, 0.1) is 6.04 Å². The molecule has 4 nitrogen and oxygen atoms in total. The zero-order chi connectivity index (χ0) is 14.7. The summed E-state index contributed by atoms with van der Waals surface area (Å²) in [6, 6.07) is 10.2. The van der Waals surface area contributed by atoms with E-state index in [9.17, 15) is 4.79 Å². The van der Waals surface area contributed by atoms with Gasteiger partial charge in [0.2, 0.25) is 5.91 Å². The van der Waals surface area contributed by atoms with Crippen molar-refractivity contribution < 1.29 is 9.53 Å². The van der Waals surface area contributed by atoms with Gasteiger partial charge in [-0.1, -0.05) is 37.3 Å². The first kappa shape index (κ1) is 14.5. The summed E-state index contributed by atoms with van der Waals surface area (Å²) in [7, 11) is 0. The molecule has 3 unspecified atom stereocenters. The number of nitrogens with one attached hydrogen (secondary N) is 1. The van der Waals surface area contributed by atoms with Crippen molar-refractivity contribution in [3.8, 4) is 0 Å². The topological polar surface area (TPSA) is 41.6 Å². The fourth-order valence-corrected chi connectivity index (χ4v) is 3.26. The second kappa shape index (κ2) is 6.58. The highest BCUT2D eigenvalue weighted by molar-refractivity contribution is 5.84. The van der Waals surface area contributed by atoms with Crippen molar-refractivity contribution in [1.82, 2.24) is 10.2 Å². The van der Waals surface area contributed by atoms with Gasteiger partial charge in [-0.3, -0.25) is 10.1 Å². The summed E-state index contributed by atoms with van der Waals surface area (Å²) >= 11 is 0. The number of ether oxygens (including phenoxy) is 1. The fraction of sp³-hybridized carbons (Fsp3) is 0.588. The molecule has 1 amide bonds. The third-order valence-electron chi connectivity index (χ3n) is 4.58. The molecule has 0 aliphatic carbocycles. The van der Waals surface area contributed by atoms with E-state index in [4.69, 9.17) is 4.74 Å². The van der Waals surface area contributed by atoms with Crippen molar-refractivity contribution in [3.63, 3.8) is 0 Å². The van der Waals surface area contributed by atoms with Crippen LogP contribution in [0.4, 0.5) is 0 Å². The van der Waals surface area contributed by atoms with Crippen molar-refractivity contribution in [2.75, 3.05) is 19.8 Å². The van der Waals surface area contributed by atoms with Crippen LogP contribution in [0.1, 0.15) is 37.9 Å². The highest BCUT2D eigenvalue weighted by Gasteiger charge is 2.38. The van der Waals surface area contributed by atoms with Gasteiger partial charge in [-0.2, -0.15) is 0 Å². The normalized spacial score (nSPS) is 29.3. The summed E-state index contributed by atoms with van der Waals surface area (Å²) in [5, 5.41) is 3.48. The van der Waals surface area contributed by atoms with E-state index in [2.05, 4.69) is 24.4 Å². The summed E-state index contributed by atoms with van der Waals surface area (Å²) in [4.78, 5) is 14.6. The van der Waals surface area contributed by atoms with E-state index < -0.39 is 0 Å². The van der Waals surface area contributed by atoms with Gasteiger partial charge in [0.15, 0.2) is 0 Å². The second-order valence-electron chi connectivity index (χ2n) is 5.99. The summed E-state index contributed by atoms with van der Waals surface area (Å²) in [6.07, 6.45) is 3.02. The maximum absolute atomic E-state index is 12.6. The quantitative estimate of drug-likeness (QED) is 0.904. The average Bonchev–Trinajstić information content (AvgIpc) is 3.14. The molecule has 21 heavy (non-hydrogen) atoms. The summed E-state index contributed by atoms with van der Waals surface area (Å²) in [5.41, 5.74) is 1.17. The van der Waals surface area contributed by atoms with E-state index in [-0.39, 0.29) is 18.1 Å². The van der Waals surface area contributed by atoms with Crippen LogP contribution < -0.4 is 5.32 Å². The molecule has 0 spiro atoms. The van der Waals surface area contributed by atoms with Crippen molar-refractivity contribution in [2.24, 2.45) is 5.92 Å². The lowest BCUT2D eigenvalue weighted by atomic mass is 10.0. The molecule has 0 aromatic heterocycles. The molecular formula is C17H24N2O2. The first-order valence-electron chi connectivity index (χ1n) is 7.98. The fourth-order valence-electron chi connectivity index (χ4n) is 3.26. The van der Waals surface area contributed by atoms with Crippen LogP contribution in [-0.2, 0) is 9.53 Å². The van der Waals surface area contributed by atoms with Gasteiger partial charge < -0.3 is 9.64 Å². The van der Waals surface area contributed by atoms with Crippen LogP contribution in [0.25, 0.3) is 0 Å². The number of nitrogens with zero attached hydrogens (tertiary/aromatic N) is 1. The monoisotopic (exact) mass is 288 g/mol. The van der Waals surface area contributed by atoms with Gasteiger partial charge in [0, 0.05) is 19.8 Å². The standard InChI is InChI=1S/C17H24N2O2/c1-2-15-17(20)19(10-8-13-9-11-21-12-13)16(18-15)14-6-4-3-5-7-14/h3-7,13,15-16,18H,2,8-12H2,1H3. The Hall–Kier alpha value is -1.39. The predicted molar refractivity (Wildman–Crippen MR) is 81.7 cm³/mol. The van der Waals surface area contributed by atoms with Gasteiger partial charge in [-0.25, -0.2) is 0 Å². The third kappa shape index (κ3) is 3.11. The summed E-state index contributed by atoms with van der Waals surface area (Å²) < 4.78 is 5.43. The zero-order valence-electron chi connectivity index (χ0n) is 12.6. The lowest BCUT2D eigenvalue weighted by Crippen LogP contribution is -2.32. The predicted octanol–water partition coefficient (Wildman–Crippen LogP) is 2.32. The van der Waals surface area contributed by atoms with Gasteiger partial charge in [0.25, 0.3) is 0 Å². The van der Waals surface area contributed by atoms with E-state index in [1.165, 1.54) is 5.56 Å². The van der Waals surface area contributed by atoms with Gasteiger partial charge in [-0.05, 0) is 30.7 Å². The van der Waals surface area contributed by atoms with E-state index in [0.29, 0.717) is 5.92 Å². The minimum absolute atomic E-state index is 0.0194. The Kier molecular flexibility index (Phi) is 4.56. The molecular weight excluding hydrogens is 264 g/mol. The van der Waals surface area contributed by atoms with Crippen LogP contribution in [0.5, 0.6) is 0 Å². The molecule has 0 bridgehead atoms. The lowest BCUT2D eigenvalue weighted by molar-refractivity contribution is -0.130. The number of benzene rings is 1. The molecule has 2 fully saturated rings. The molecule has 3 atom stereocenters. The van der Waals surface area contributed by atoms with Gasteiger partial charge in [0.1, 0.15) is 6.17 Å². The highest BCUT2D eigenvalue weighted by atomic mass is 16.5. The van der Waals surface area contributed by atoms with E-state index in [1.54, 1.807) is 0 Å². The second-order valence-corrected chi connectivity index (χ2v) is 5.99. The summed E-state index contributed by atoms with van der Waals surface area (Å²) in [6.45, 7) is 4.60. The molecule has 2 heterocycles. The summed E-state index contributed by atoms with van der Waals surface area (Å²) in [5.74, 6) is 0.847. The van der Waals surface area contributed by atoms with E-state index >= 15 is 0 Å². The molecule has 0 radical (unpaired) electrons. The molecule has 2 aliphatic heterocycles. The maximum Gasteiger partial charge on any atom is 0.241 e. The van der Waals surface area contributed by atoms with Gasteiger partial charge >= 0.3 is 0 Å². The molecule has 4 heteroatoms. The lowest BCUT2D eigenvalue weighted by Gasteiger charge is -2.25. The van der Waals surface area contributed by atoms with E-state index in [1.807, 2.05) is 23.1 Å². The highest BCUT2D eigenvalue weighted by Crippen LogP contribution is 2.28. The molecule has 1 aromatic rings. The van der Waals surface area contributed by atoms with Crippen molar-refractivity contribution in [3.05, 3.63) is 35.9 Å². The Balaban J connectivity index is 1.71. The Morgan fingerprint density at radius 1 is 1.33 bits per heavy atom. The number of amides is 1.